The van der Waals surface area contributed by atoms with Crippen molar-refractivity contribution >= 4 is 29.3 Å². The van der Waals surface area contributed by atoms with Crippen molar-refractivity contribution in [1.82, 2.24) is 4.42 Å². The van der Waals surface area contributed by atoms with E-state index in [-0.39, 0.29) is 11.9 Å². The standard InChI is InChI=1S/C14H18ClNO2S/c1-3-19-10-13-9-16(15)14(18-13,11(2)17)12-7-5-4-6-8-12/h4-8,13H,3,9-10H2,1-2H3. The number of ether oxygens (including phenoxy) is 1. The van der Waals surface area contributed by atoms with Gasteiger partial charge in [-0.2, -0.15) is 16.2 Å². The van der Waals surface area contributed by atoms with Crippen LogP contribution in [0.25, 0.3) is 0 Å². The second-order valence-corrected chi connectivity index (χ2v) is 6.24. The molecule has 1 aliphatic heterocycles. The highest BCUT2D eigenvalue weighted by Crippen LogP contribution is 2.40. The molecule has 0 aliphatic carbocycles. The summed E-state index contributed by atoms with van der Waals surface area (Å²) < 4.78 is 7.54. The van der Waals surface area contributed by atoms with E-state index in [4.69, 9.17) is 16.5 Å². The summed E-state index contributed by atoms with van der Waals surface area (Å²) in [6.07, 6.45) is -0.0217. The van der Waals surface area contributed by atoms with Crippen LogP contribution in [0.5, 0.6) is 0 Å². The Labute approximate surface area is 123 Å². The molecule has 0 radical (unpaired) electrons. The van der Waals surface area contributed by atoms with E-state index in [0.29, 0.717) is 6.54 Å². The quantitative estimate of drug-likeness (QED) is 0.782. The summed E-state index contributed by atoms with van der Waals surface area (Å²) in [6, 6.07) is 9.46. The van der Waals surface area contributed by atoms with Gasteiger partial charge in [0.15, 0.2) is 5.78 Å². The first-order chi connectivity index (χ1) is 9.11. The summed E-state index contributed by atoms with van der Waals surface area (Å²) in [5.41, 5.74) is -0.344. The van der Waals surface area contributed by atoms with Crippen molar-refractivity contribution in [3.63, 3.8) is 0 Å². The topological polar surface area (TPSA) is 29.5 Å². The second-order valence-electron chi connectivity index (χ2n) is 4.51. The number of ketones is 1. The predicted molar refractivity (Wildman–Crippen MR) is 79.2 cm³/mol. The highest BCUT2D eigenvalue weighted by molar-refractivity contribution is 7.99. The number of hydrogen-bond acceptors (Lipinski definition) is 4. The number of hydrogen-bond donors (Lipinski definition) is 0. The lowest BCUT2D eigenvalue weighted by molar-refractivity contribution is -0.151. The number of carbonyl (C=O) groups is 1. The molecule has 1 aliphatic rings. The van der Waals surface area contributed by atoms with Gasteiger partial charge >= 0.3 is 0 Å². The Balaban J connectivity index is 2.28. The smallest absolute Gasteiger partial charge is 0.220 e. The molecule has 19 heavy (non-hydrogen) atoms. The van der Waals surface area contributed by atoms with Gasteiger partial charge in [0, 0.05) is 17.9 Å². The van der Waals surface area contributed by atoms with Crippen molar-refractivity contribution in [1.29, 1.82) is 0 Å². The fourth-order valence-corrected chi connectivity index (χ4v) is 3.39. The highest BCUT2D eigenvalue weighted by Gasteiger charge is 2.51. The van der Waals surface area contributed by atoms with Crippen LogP contribution < -0.4 is 0 Å². The molecule has 0 N–H and O–H groups in total. The first kappa shape index (κ1) is 14.9. The second kappa shape index (κ2) is 6.27. The maximum atomic E-state index is 12.1. The molecule has 1 fully saturated rings. The van der Waals surface area contributed by atoms with Gasteiger partial charge in [0.25, 0.3) is 0 Å². The molecular weight excluding hydrogens is 282 g/mol. The van der Waals surface area contributed by atoms with Crippen molar-refractivity contribution < 1.29 is 9.53 Å². The Morgan fingerprint density at radius 3 is 2.79 bits per heavy atom. The normalized spacial score (nSPS) is 27.6. The molecule has 0 amide bonds. The van der Waals surface area contributed by atoms with Crippen LogP contribution in [0.1, 0.15) is 19.4 Å². The van der Waals surface area contributed by atoms with E-state index in [9.17, 15) is 4.79 Å². The van der Waals surface area contributed by atoms with Crippen molar-refractivity contribution in [2.75, 3.05) is 18.1 Å². The Morgan fingerprint density at radius 2 is 2.21 bits per heavy atom. The lowest BCUT2D eigenvalue weighted by Gasteiger charge is -2.30. The lowest BCUT2D eigenvalue weighted by atomic mass is 9.99. The van der Waals surface area contributed by atoms with Gasteiger partial charge in [-0.3, -0.25) is 4.79 Å². The Kier molecular flexibility index (Phi) is 4.90. The number of benzene rings is 1. The molecule has 0 aromatic heterocycles. The fourth-order valence-electron chi connectivity index (χ4n) is 2.31. The predicted octanol–water partition coefficient (Wildman–Crippen LogP) is 3.04. The van der Waals surface area contributed by atoms with Gasteiger partial charge in [-0.1, -0.05) is 37.3 Å². The fraction of sp³-hybridized carbons (Fsp3) is 0.500. The van der Waals surface area contributed by atoms with Gasteiger partial charge in [-0.25, -0.2) is 0 Å². The molecule has 5 heteroatoms. The highest BCUT2D eigenvalue weighted by atomic mass is 35.5. The molecule has 1 saturated heterocycles. The molecule has 1 aromatic carbocycles. The van der Waals surface area contributed by atoms with E-state index in [1.807, 2.05) is 30.3 Å². The Morgan fingerprint density at radius 1 is 1.53 bits per heavy atom. The van der Waals surface area contributed by atoms with Crippen molar-refractivity contribution in [2.24, 2.45) is 0 Å². The van der Waals surface area contributed by atoms with Crippen LogP contribution in [-0.4, -0.2) is 34.4 Å². The van der Waals surface area contributed by atoms with Crippen molar-refractivity contribution in [3.8, 4) is 0 Å². The Bertz CT molecular complexity index is 442. The van der Waals surface area contributed by atoms with Gasteiger partial charge < -0.3 is 4.74 Å². The number of halogens is 1. The molecule has 1 aromatic rings. The summed E-state index contributed by atoms with van der Waals surface area (Å²) in [7, 11) is 0. The van der Waals surface area contributed by atoms with Crippen LogP contribution in [0, 0.1) is 0 Å². The molecule has 0 saturated carbocycles. The maximum Gasteiger partial charge on any atom is 0.220 e. The maximum absolute atomic E-state index is 12.1. The van der Waals surface area contributed by atoms with E-state index in [1.54, 1.807) is 11.8 Å². The lowest BCUT2D eigenvalue weighted by Crippen LogP contribution is -2.43. The van der Waals surface area contributed by atoms with Crippen LogP contribution in [0.15, 0.2) is 30.3 Å². The van der Waals surface area contributed by atoms with Gasteiger partial charge in [-0.15, -0.1) is 0 Å². The largest absolute Gasteiger partial charge is 0.343 e. The van der Waals surface area contributed by atoms with Gasteiger partial charge in [-0.05, 0) is 24.5 Å². The van der Waals surface area contributed by atoms with Crippen molar-refractivity contribution in [2.45, 2.75) is 25.7 Å². The zero-order chi connectivity index (χ0) is 13.9. The summed E-state index contributed by atoms with van der Waals surface area (Å²) in [5, 5.41) is 0. The summed E-state index contributed by atoms with van der Waals surface area (Å²) in [5.74, 6) is 1.79. The van der Waals surface area contributed by atoms with Crippen LogP contribution in [0.2, 0.25) is 0 Å². The minimum Gasteiger partial charge on any atom is -0.343 e. The summed E-state index contributed by atoms with van der Waals surface area (Å²) >= 11 is 8.11. The monoisotopic (exact) mass is 299 g/mol. The van der Waals surface area contributed by atoms with E-state index in [0.717, 1.165) is 17.1 Å². The molecule has 0 bridgehead atoms. The van der Waals surface area contributed by atoms with E-state index in [1.165, 1.54) is 11.3 Å². The minimum absolute atomic E-state index is 0.0217. The van der Waals surface area contributed by atoms with Gasteiger partial charge in [0.2, 0.25) is 5.72 Å². The van der Waals surface area contributed by atoms with E-state index >= 15 is 0 Å². The third kappa shape index (κ3) is 2.82. The number of rotatable bonds is 5. The minimum atomic E-state index is -1.14. The molecule has 2 atom stereocenters. The van der Waals surface area contributed by atoms with Gasteiger partial charge in [0.05, 0.1) is 6.10 Å². The molecule has 3 nitrogen and oxygen atoms in total. The third-order valence-corrected chi connectivity index (χ3v) is 4.58. The molecule has 1 heterocycles. The summed E-state index contributed by atoms with van der Waals surface area (Å²) in [4.78, 5) is 12.1. The molecule has 104 valence electrons. The average molecular weight is 300 g/mol. The summed E-state index contributed by atoms with van der Waals surface area (Å²) in [6.45, 7) is 4.19. The molecule has 2 rings (SSSR count). The third-order valence-electron chi connectivity index (χ3n) is 3.19. The van der Waals surface area contributed by atoms with Crippen LogP contribution in [0.3, 0.4) is 0 Å². The first-order valence-corrected chi connectivity index (χ1v) is 7.86. The number of carbonyl (C=O) groups excluding carboxylic acids is 1. The first-order valence-electron chi connectivity index (χ1n) is 6.36. The Hall–Kier alpha value is -0.550. The average Bonchev–Trinajstić information content (AvgIpc) is 2.75. The molecule has 2 unspecified atom stereocenters. The van der Waals surface area contributed by atoms with E-state index < -0.39 is 5.72 Å². The van der Waals surface area contributed by atoms with Crippen LogP contribution >= 0.6 is 23.5 Å². The zero-order valence-corrected chi connectivity index (χ0v) is 12.7. The SMILES string of the molecule is CCSCC1CN(Cl)C(C(C)=O)(c2ccccc2)O1. The number of Topliss-reactive ketones (excluding diaryl/α,β-unsaturated/α-hetero) is 1. The van der Waals surface area contributed by atoms with E-state index in [2.05, 4.69) is 6.92 Å². The molecule has 0 spiro atoms. The zero-order valence-electron chi connectivity index (χ0n) is 11.1. The van der Waals surface area contributed by atoms with Crippen LogP contribution in [-0.2, 0) is 15.3 Å². The number of nitrogens with zero attached hydrogens (tertiary/aromatic N) is 1. The number of thioether (sulfide) groups is 1. The van der Waals surface area contributed by atoms with Crippen molar-refractivity contribution in [3.05, 3.63) is 35.9 Å². The van der Waals surface area contributed by atoms with Gasteiger partial charge in [0.1, 0.15) is 0 Å². The van der Waals surface area contributed by atoms with Crippen LogP contribution in [0.4, 0.5) is 0 Å². The molecular formula is C14H18ClNO2S.